The molecule has 0 fully saturated rings. The SMILES string of the molecule is CCNC(C)c1ccc(OCc2cncc(C)c2)c(F)c1. The second-order valence-electron chi connectivity index (χ2n) is 5.13. The molecule has 1 aromatic heterocycles. The van der Waals surface area contributed by atoms with Gasteiger partial charge in [-0.25, -0.2) is 4.39 Å². The fraction of sp³-hybridized carbons (Fsp3) is 0.353. The summed E-state index contributed by atoms with van der Waals surface area (Å²) in [4.78, 5) is 4.09. The van der Waals surface area contributed by atoms with Crippen LogP contribution in [0, 0.1) is 12.7 Å². The van der Waals surface area contributed by atoms with Crippen molar-refractivity contribution in [2.75, 3.05) is 6.54 Å². The van der Waals surface area contributed by atoms with Crippen molar-refractivity contribution < 1.29 is 9.13 Å². The fourth-order valence-corrected chi connectivity index (χ4v) is 2.19. The van der Waals surface area contributed by atoms with Crippen LogP contribution in [0.2, 0.25) is 0 Å². The first-order valence-electron chi connectivity index (χ1n) is 7.16. The normalized spacial score (nSPS) is 12.2. The lowest BCUT2D eigenvalue weighted by Crippen LogP contribution is -2.17. The molecule has 1 aromatic carbocycles. The number of aryl methyl sites for hydroxylation is 1. The summed E-state index contributed by atoms with van der Waals surface area (Å²) < 4.78 is 19.6. The van der Waals surface area contributed by atoms with E-state index in [1.165, 1.54) is 6.07 Å². The Morgan fingerprint density at radius 1 is 1.29 bits per heavy atom. The van der Waals surface area contributed by atoms with Crippen LogP contribution in [0.15, 0.2) is 36.7 Å². The van der Waals surface area contributed by atoms with Gasteiger partial charge in [0, 0.05) is 24.0 Å². The molecular formula is C17H21FN2O. The van der Waals surface area contributed by atoms with Crippen LogP contribution < -0.4 is 10.1 Å². The number of benzene rings is 1. The number of rotatable bonds is 6. The van der Waals surface area contributed by atoms with Crippen molar-refractivity contribution >= 4 is 0 Å². The zero-order chi connectivity index (χ0) is 15.2. The summed E-state index contributed by atoms with van der Waals surface area (Å²) >= 11 is 0. The Balaban J connectivity index is 2.04. The van der Waals surface area contributed by atoms with Crippen LogP contribution in [0.5, 0.6) is 5.75 Å². The quantitative estimate of drug-likeness (QED) is 0.878. The van der Waals surface area contributed by atoms with Crippen LogP contribution in [0.3, 0.4) is 0 Å². The van der Waals surface area contributed by atoms with Gasteiger partial charge in [0.25, 0.3) is 0 Å². The summed E-state index contributed by atoms with van der Waals surface area (Å²) in [5.74, 6) is -0.0678. The predicted molar refractivity (Wildman–Crippen MR) is 81.8 cm³/mol. The smallest absolute Gasteiger partial charge is 0.165 e. The molecule has 1 N–H and O–H groups in total. The van der Waals surface area contributed by atoms with E-state index in [1.54, 1.807) is 18.5 Å². The van der Waals surface area contributed by atoms with Crippen molar-refractivity contribution in [3.8, 4) is 5.75 Å². The Kier molecular flexibility index (Phi) is 5.28. The monoisotopic (exact) mass is 288 g/mol. The minimum absolute atomic E-state index is 0.125. The molecule has 0 radical (unpaired) electrons. The van der Waals surface area contributed by atoms with Gasteiger partial charge in [-0.15, -0.1) is 0 Å². The standard InChI is InChI=1S/C17H21FN2O/c1-4-20-13(3)15-5-6-17(16(18)8-15)21-11-14-7-12(2)9-19-10-14/h5-10,13,20H,4,11H2,1-3H3. The lowest BCUT2D eigenvalue weighted by atomic mass is 10.1. The molecule has 0 aliphatic heterocycles. The van der Waals surface area contributed by atoms with E-state index in [9.17, 15) is 4.39 Å². The number of aromatic nitrogens is 1. The number of halogens is 1. The van der Waals surface area contributed by atoms with Crippen molar-refractivity contribution in [3.63, 3.8) is 0 Å². The summed E-state index contributed by atoms with van der Waals surface area (Å²) in [6, 6.07) is 7.20. The summed E-state index contributed by atoms with van der Waals surface area (Å²) in [6.45, 7) is 7.17. The molecule has 0 saturated carbocycles. The third-order valence-electron chi connectivity index (χ3n) is 3.29. The van der Waals surface area contributed by atoms with Gasteiger partial charge in [0.05, 0.1) is 0 Å². The Morgan fingerprint density at radius 2 is 2.10 bits per heavy atom. The number of nitrogens with one attached hydrogen (secondary N) is 1. The third-order valence-corrected chi connectivity index (χ3v) is 3.29. The molecule has 1 unspecified atom stereocenters. The number of nitrogens with zero attached hydrogens (tertiary/aromatic N) is 1. The largest absolute Gasteiger partial charge is 0.486 e. The molecule has 0 aliphatic rings. The first-order valence-corrected chi connectivity index (χ1v) is 7.16. The highest BCUT2D eigenvalue weighted by Crippen LogP contribution is 2.23. The van der Waals surface area contributed by atoms with Crippen LogP contribution in [-0.4, -0.2) is 11.5 Å². The van der Waals surface area contributed by atoms with Gasteiger partial charge in [-0.3, -0.25) is 4.98 Å². The Bertz CT molecular complexity index is 601. The molecule has 0 amide bonds. The molecule has 21 heavy (non-hydrogen) atoms. The van der Waals surface area contributed by atoms with E-state index in [0.717, 1.165) is 23.2 Å². The highest BCUT2D eigenvalue weighted by Gasteiger charge is 2.09. The van der Waals surface area contributed by atoms with Gasteiger partial charge in [0.1, 0.15) is 6.61 Å². The molecule has 0 bridgehead atoms. The zero-order valence-electron chi connectivity index (χ0n) is 12.7. The first kappa shape index (κ1) is 15.4. The minimum atomic E-state index is -0.335. The summed E-state index contributed by atoms with van der Waals surface area (Å²) in [6.07, 6.45) is 3.51. The van der Waals surface area contributed by atoms with Crippen molar-refractivity contribution in [2.45, 2.75) is 33.4 Å². The number of pyridine rings is 1. The molecule has 0 spiro atoms. The van der Waals surface area contributed by atoms with E-state index >= 15 is 0 Å². The van der Waals surface area contributed by atoms with Gasteiger partial charge in [0.2, 0.25) is 0 Å². The average molecular weight is 288 g/mol. The van der Waals surface area contributed by atoms with Gasteiger partial charge in [-0.2, -0.15) is 0 Å². The summed E-state index contributed by atoms with van der Waals surface area (Å²) in [5.41, 5.74) is 2.91. The maximum Gasteiger partial charge on any atom is 0.165 e. The first-order chi connectivity index (χ1) is 10.1. The van der Waals surface area contributed by atoms with E-state index in [2.05, 4.69) is 10.3 Å². The molecule has 0 aliphatic carbocycles. The van der Waals surface area contributed by atoms with Crippen LogP contribution in [-0.2, 0) is 6.61 Å². The Hall–Kier alpha value is -1.94. The average Bonchev–Trinajstić information content (AvgIpc) is 2.46. The molecule has 0 saturated heterocycles. The number of ether oxygens (including phenoxy) is 1. The van der Waals surface area contributed by atoms with Crippen molar-refractivity contribution in [1.29, 1.82) is 0 Å². The topological polar surface area (TPSA) is 34.1 Å². The molecule has 2 aromatic rings. The number of hydrogen-bond donors (Lipinski definition) is 1. The van der Waals surface area contributed by atoms with Gasteiger partial charge in [-0.05, 0) is 49.7 Å². The molecule has 1 atom stereocenters. The molecule has 3 nitrogen and oxygen atoms in total. The van der Waals surface area contributed by atoms with Gasteiger partial charge in [-0.1, -0.05) is 13.0 Å². The van der Waals surface area contributed by atoms with E-state index in [4.69, 9.17) is 4.74 Å². The minimum Gasteiger partial charge on any atom is -0.486 e. The van der Waals surface area contributed by atoms with Crippen molar-refractivity contribution in [2.24, 2.45) is 0 Å². The number of hydrogen-bond acceptors (Lipinski definition) is 3. The summed E-state index contributed by atoms with van der Waals surface area (Å²) in [5, 5.41) is 3.26. The fourth-order valence-electron chi connectivity index (χ4n) is 2.19. The van der Waals surface area contributed by atoms with Crippen molar-refractivity contribution in [1.82, 2.24) is 10.3 Å². The van der Waals surface area contributed by atoms with Gasteiger partial charge >= 0.3 is 0 Å². The molecule has 112 valence electrons. The highest BCUT2D eigenvalue weighted by atomic mass is 19.1. The highest BCUT2D eigenvalue weighted by molar-refractivity contribution is 5.31. The van der Waals surface area contributed by atoms with E-state index in [-0.39, 0.29) is 17.6 Å². The van der Waals surface area contributed by atoms with E-state index in [1.807, 2.05) is 32.9 Å². The van der Waals surface area contributed by atoms with Gasteiger partial charge < -0.3 is 10.1 Å². The third kappa shape index (κ3) is 4.26. The molecule has 2 rings (SSSR count). The second-order valence-corrected chi connectivity index (χ2v) is 5.13. The van der Waals surface area contributed by atoms with Gasteiger partial charge in [0.15, 0.2) is 11.6 Å². The molecule has 1 heterocycles. The maximum atomic E-state index is 14.1. The second kappa shape index (κ2) is 7.18. The molecule has 4 heteroatoms. The van der Waals surface area contributed by atoms with Crippen LogP contribution in [0.1, 0.15) is 36.6 Å². The van der Waals surface area contributed by atoms with Crippen LogP contribution >= 0.6 is 0 Å². The zero-order valence-corrected chi connectivity index (χ0v) is 12.7. The van der Waals surface area contributed by atoms with E-state index in [0.29, 0.717) is 6.61 Å². The Morgan fingerprint density at radius 3 is 2.76 bits per heavy atom. The maximum absolute atomic E-state index is 14.1. The lowest BCUT2D eigenvalue weighted by molar-refractivity contribution is 0.289. The lowest BCUT2D eigenvalue weighted by Gasteiger charge is -2.14. The molecular weight excluding hydrogens is 267 g/mol. The Labute approximate surface area is 125 Å². The predicted octanol–water partition coefficient (Wildman–Crippen LogP) is 3.78. The van der Waals surface area contributed by atoms with Crippen LogP contribution in [0.4, 0.5) is 4.39 Å². The van der Waals surface area contributed by atoms with Crippen molar-refractivity contribution in [3.05, 3.63) is 59.2 Å². The van der Waals surface area contributed by atoms with Crippen LogP contribution in [0.25, 0.3) is 0 Å². The van der Waals surface area contributed by atoms with E-state index < -0.39 is 0 Å². The summed E-state index contributed by atoms with van der Waals surface area (Å²) in [7, 11) is 0.